The Balaban J connectivity index is 0.000000138. The van der Waals surface area contributed by atoms with Crippen molar-refractivity contribution in [2.75, 3.05) is 39.3 Å². The van der Waals surface area contributed by atoms with Crippen LogP contribution in [0.25, 0.3) is 65.4 Å². The number of likely N-dealkylation sites (tertiary alicyclic amines) is 3. The van der Waals surface area contributed by atoms with E-state index in [-0.39, 0.29) is 60.4 Å². The SMILES string of the molecule is Cc1nc2ccccc2n1C1CCCN(C(=O)C[C@@H](Cc2ccc3ccccc3c2)NC(=O)OC(C)(C)C)C1.Cc1nc2ccccc2n1C1CCCN(C(=O)C[C@H](N)Cc2ccc3ccccc3c2)C1.Cc1nc2ccccc2n1[C@H]1CCCN(C(=O)C[C@H](N)Cc2ccc3ccccc3c2)C1. The second kappa shape index (κ2) is 32.0. The van der Waals surface area contributed by atoms with Crippen LogP contribution in [-0.4, -0.2) is 130 Å². The minimum absolute atomic E-state index is 0.0450. The standard InChI is InChI=1S/C32H38N4O3.2C27H30N4O/c1-22-33-28-13-7-8-14-29(28)36(22)27-12-9-17-35(21-27)30(37)20-26(34-31(38)39-32(2,3)4)19-23-15-16-24-10-5-6-11-25(24)18-23;2*1-19-29-25-10-4-5-11-26(25)31(19)24-9-6-14-30(18-24)27(32)17-23(28)16-20-12-13-21-7-2-3-8-22(21)15-20/h5-8,10-11,13-16,18,26-27H,9,12,17,19-21H2,1-4H3,(H,34,38);2*2-5,7-8,10-13,15,23-24H,6,9,14,16-18,28H2,1H3/t26-,27?;23-,24?;23-,24+/m111/s1. The molecular weight excluding hydrogens is 1280 g/mol. The first kappa shape index (κ1) is 71.2. The van der Waals surface area contributed by atoms with Crippen molar-refractivity contribution in [3.05, 3.63) is 234 Å². The van der Waals surface area contributed by atoms with Gasteiger partial charge < -0.3 is 49.9 Å². The van der Waals surface area contributed by atoms with Gasteiger partial charge in [-0.05, 0) is 185 Å². The van der Waals surface area contributed by atoms with Gasteiger partial charge in [-0.25, -0.2) is 19.7 Å². The molecule has 0 radical (unpaired) electrons. The van der Waals surface area contributed by atoms with Crippen molar-refractivity contribution in [2.24, 2.45) is 11.5 Å². The molecule has 532 valence electrons. The monoisotopic (exact) mass is 1380 g/mol. The van der Waals surface area contributed by atoms with Crippen molar-refractivity contribution >= 4 is 89.2 Å². The number of hydrogen-bond donors (Lipinski definition) is 3. The third kappa shape index (κ3) is 17.5. The molecule has 4 amide bonds. The van der Waals surface area contributed by atoms with E-state index in [1.165, 1.54) is 32.7 Å². The van der Waals surface area contributed by atoms with Gasteiger partial charge in [0, 0.05) is 76.7 Å². The lowest BCUT2D eigenvalue weighted by atomic mass is 9.98. The zero-order chi connectivity index (χ0) is 71.7. The number of piperidine rings is 3. The molecule has 17 nitrogen and oxygen atoms in total. The lowest BCUT2D eigenvalue weighted by Crippen LogP contribution is -2.46. The lowest BCUT2D eigenvalue weighted by Gasteiger charge is -2.35. The number of carbonyl (C=O) groups excluding carboxylic acids is 4. The molecule has 6 heterocycles. The first-order chi connectivity index (χ1) is 49.8. The van der Waals surface area contributed by atoms with Crippen molar-refractivity contribution in [3.63, 3.8) is 0 Å². The van der Waals surface area contributed by atoms with Crippen molar-refractivity contribution in [3.8, 4) is 0 Å². The van der Waals surface area contributed by atoms with Crippen LogP contribution in [0.3, 0.4) is 0 Å². The van der Waals surface area contributed by atoms with E-state index in [4.69, 9.17) is 31.2 Å². The Morgan fingerprint density at radius 1 is 0.427 bits per heavy atom. The van der Waals surface area contributed by atoms with E-state index in [1.807, 2.05) is 109 Å². The average molecular weight is 1380 g/mol. The smallest absolute Gasteiger partial charge is 0.407 e. The van der Waals surface area contributed by atoms with Gasteiger partial charge in [-0.15, -0.1) is 0 Å². The molecule has 3 fully saturated rings. The number of nitrogens with two attached hydrogens (primary N) is 2. The zero-order valence-electron chi connectivity index (χ0n) is 60.5. The summed E-state index contributed by atoms with van der Waals surface area (Å²) in [5.74, 6) is 3.35. The Morgan fingerprint density at radius 2 is 0.738 bits per heavy atom. The number of carbonyl (C=O) groups is 4. The maximum Gasteiger partial charge on any atom is 0.407 e. The largest absolute Gasteiger partial charge is 0.444 e. The number of alkyl carbamates (subject to hydrolysis) is 1. The van der Waals surface area contributed by atoms with Crippen LogP contribution >= 0.6 is 0 Å². The fourth-order valence-electron chi connectivity index (χ4n) is 15.9. The summed E-state index contributed by atoms with van der Waals surface area (Å²) in [6.45, 7) is 16.1. The number of imidazole rings is 3. The number of nitrogens with zero attached hydrogens (tertiary/aromatic N) is 9. The highest BCUT2D eigenvalue weighted by Gasteiger charge is 2.32. The van der Waals surface area contributed by atoms with Crippen LogP contribution < -0.4 is 16.8 Å². The van der Waals surface area contributed by atoms with E-state index in [2.05, 4.69) is 166 Å². The highest BCUT2D eigenvalue weighted by Crippen LogP contribution is 2.33. The van der Waals surface area contributed by atoms with E-state index in [0.29, 0.717) is 38.6 Å². The molecule has 3 aliphatic rings. The Labute approximate surface area is 604 Å². The molecule has 2 unspecified atom stereocenters. The number of rotatable bonds is 16. The second-order valence-electron chi connectivity index (χ2n) is 29.6. The maximum atomic E-state index is 13.7. The average Bonchev–Trinajstić information content (AvgIpc) is 1.72. The van der Waals surface area contributed by atoms with Crippen LogP contribution in [0.4, 0.5) is 4.79 Å². The molecule has 9 aromatic carbocycles. The van der Waals surface area contributed by atoms with Gasteiger partial charge >= 0.3 is 6.09 Å². The summed E-state index contributed by atoms with van der Waals surface area (Å²) in [6, 6.07) is 68.6. The van der Waals surface area contributed by atoms with Crippen LogP contribution in [0.2, 0.25) is 0 Å². The van der Waals surface area contributed by atoms with Gasteiger partial charge in [0.05, 0.1) is 51.2 Å². The minimum Gasteiger partial charge on any atom is -0.444 e. The van der Waals surface area contributed by atoms with Crippen molar-refractivity contribution in [1.29, 1.82) is 0 Å². The molecule has 3 aliphatic heterocycles. The number of aromatic nitrogens is 6. The number of ether oxygens (including phenoxy) is 1. The molecular formula is C86H98N12O5. The molecule has 3 saturated heterocycles. The molecule has 0 bridgehead atoms. The molecule has 17 heteroatoms. The number of para-hydroxylation sites is 6. The highest BCUT2D eigenvalue weighted by atomic mass is 16.6. The Kier molecular flexibility index (Phi) is 22.1. The van der Waals surface area contributed by atoms with Gasteiger partial charge in [0.25, 0.3) is 0 Å². The molecule has 0 aliphatic carbocycles. The van der Waals surface area contributed by atoms with Crippen LogP contribution in [0.15, 0.2) is 200 Å². The Bertz CT molecular complexity index is 4790. The summed E-state index contributed by atoms with van der Waals surface area (Å²) >= 11 is 0. The lowest BCUT2D eigenvalue weighted by molar-refractivity contribution is -0.134. The quantitative estimate of drug-likeness (QED) is 0.0835. The molecule has 0 saturated carbocycles. The van der Waals surface area contributed by atoms with Gasteiger partial charge in [0.15, 0.2) is 0 Å². The molecule has 0 spiro atoms. The third-order valence-corrected chi connectivity index (χ3v) is 20.6. The predicted molar refractivity (Wildman–Crippen MR) is 414 cm³/mol. The van der Waals surface area contributed by atoms with E-state index in [9.17, 15) is 19.2 Å². The minimum atomic E-state index is -0.618. The summed E-state index contributed by atoms with van der Waals surface area (Å²) in [4.78, 5) is 72.7. The summed E-state index contributed by atoms with van der Waals surface area (Å²) < 4.78 is 12.4. The summed E-state index contributed by atoms with van der Waals surface area (Å²) in [5.41, 5.74) is 22.1. The van der Waals surface area contributed by atoms with Gasteiger partial charge in [-0.3, -0.25) is 14.4 Å². The number of amides is 4. The number of nitrogens with one attached hydrogen (secondary N) is 1. The Morgan fingerprint density at radius 3 is 1.09 bits per heavy atom. The number of fused-ring (bicyclic) bond motifs is 6. The molecule has 6 atom stereocenters. The zero-order valence-corrected chi connectivity index (χ0v) is 60.5. The molecule has 15 rings (SSSR count). The van der Waals surface area contributed by atoms with Crippen LogP contribution in [-0.2, 0) is 38.4 Å². The molecule has 3 aromatic heterocycles. The summed E-state index contributed by atoms with van der Waals surface area (Å²) in [7, 11) is 0. The Hall–Kier alpha value is -10.2. The normalized spacial score (nSPS) is 17.4. The second-order valence-corrected chi connectivity index (χ2v) is 29.6. The number of benzene rings is 9. The van der Waals surface area contributed by atoms with Gasteiger partial charge in [0.1, 0.15) is 23.1 Å². The van der Waals surface area contributed by atoms with Crippen LogP contribution in [0.1, 0.15) is 131 Å². The third-order valence-electron chi connectivity index (χ3n) is 20.6. The first-order valence-corrected chi connectivity index (χ1v) is 36.9. The van der Waals surface area contributed by atoms with Crippen LogP contribution in [0.5, 0.6) is 0 Å². The highest BCUT2D eigenvalue weighted by molar-refractivity contribution is 5.86. The van der Waals surface area contributed by atoms with E-state index < -0.39 is 11.7 Å². The molecule has 103 heavy (non-hydrogen) atoms. The number of hydrogen-bond acceptors (Lipinski definition) is 10. The van der Waals surface area contributed by atoms with Gasteiger partial charge in [-0.2, -0.15) is 0 Å². The first-order valence-electron chi connectivity index (χ1n) is 36.9. The predicted octanol–water partition coefficient (Wildman–Crippen LogP) is 15.4. The fraction of sp³-hybridized carbons (Fsp3) is 0.360. The molecule has 5 N–H and O–H groups in total. The fourth-order valence-corrected chi connectivity index (χ4v) is 15.9. The van der Waals surface area contributed by atoms with Gasteiger partial charge in [-0.1, -0.05) is 164 Å². The van der Waals surface area contributed by atoms with Crippen LogP contribution in [0, 0.1) is 20.8 Å². The maximum absolute atomic E-state index is 13.7. The van der Waals surface area contributed by atoms with Crippen molar-refractivity contribution in [1.82, 2.24) is 48.7 Å². The summed E-state index contributed by atoms with van der Waals surface area (Å²) in [6.07, 6.45) is 8.48. The van der Waals surface area contributed by atoms with E-state index >= 15 is 0 Å². The summed E-state index contributed by atoms with van der Waals surface area (Å²) in [5, 5.41) is 10.2. The van der Waals surface area contributed by atoms with Gasteiger partial charge in [0.2, 0.25) is 17.7 Å². The number of aryl methyl sites for hydroxylation is 3. The topological polar surface area (TPSA) is 205 Å². The van der Waals surface area contributed by atoms with E-state index in [1.54, 1.807) is 0 Å². The van der Waals surface area contributed by atoms with E-state index in [0.717, 1.165) is 138 Å². The van der Waals surface area contributed by atoms with Crippen molar-refractivity contribution < 1.29 is 23.9 Å². The van der Waals surface area contributed by atoms with Crippen molar-refractivity contribution in [2.45, 2.75) is 160 Å². The molecule has 12 aromatic rings.